The number of aromatic nitrogens is 1. The average molecular weight is 254 g/mol. The molecule has 6 nitrogen and oxygen atoms in total. The van der Waals surface area contributed by atoms with Crippen LogP contribution in [-0.4, -0.2) is 23.3 Å². The molecular weight excluding hydrogens is 244 g/mol. The number of carbonyl (C=O) groups excluding carboxylic acids is 2. The zero-order chi connectivity index (χ0) is 13.7. The molecule has 2 N–H and O–H groups in total. The lowest BCUT2D eigenvalue weighted by atomic mass is 10.2. The maximum absolute atomic E-state index is 11.6. The summed E-state index contributed by atoms with van der Waals surface area (Å²) in [7, 11) is 0. The van der Waals surface area contributed by atoms with Gasteiger partial charge in [-0.2, -0.15) is 5.26 Å². The standard InChI is InChI=1S/C13H10N4O2/c14-6-8-16-12(18)13(19)17-10-5-1-3-9-4-2-7-15-11(9)10/h1-5,7H,8H2,(H,16,18)(H,17,19). The van der Waals surface area contributed by atoms with Gasteiger partial charge in [-0.1, -0.05) is 18.2 Å². The van der Waals surface area contributed by atoms with E-state index < -0.39 is 11.8 Å². The molecule has 1 heterocycles. The molecule has 1 aromatic heterocycles. The summed E-state index contributed by atoms with van der Waals surface area (Å²) in [5.74, 6) is -1.68. The summed E-state index contributed by atoms with van der Waals surface area (Å²) >= 11 is 0. The number of anilines is 1. The molecule has 2 aromatic rings. The second-order valence-corrected chi connectivity index (χ2v) is 3.68. The van der Waals surface area contributed by atoms with Gasteiger partial charge in [0.05, 0.1) is 17.3 Å². The largest absolute Gasteiger partial charge is 0.335 e. The number of carbonyl (C=O) groups is 2. The van der Waals surface area contributed by atoms with E-state index in [1.807, 2.05) is 12.1 Å². The van der Waals surface area contributed by atoms with Crippen molar-refractivity contribution in [3.63, 3.8) is 0 Å². The maximum Gasteiger partial charge on any atom is 0.313 e. The van der Waals surface area contributed by atoms with Crippen LogP contribution in [0.3, 0.4) is 0 Å². The lowest BCUT2D eigenvalue weighted by Gasteiger charge is -2.07. The molecule has 6 heteroatoms. The highest BCUT2D eigenvalue weighted by Crippen LogP contribution is 2.20. The Labute approximate surface area is 109 Å². The summed E-state index contributed by atoms with van der Waals surface area (Å²) in [5, 5.41) is 13.8. The van der Waals surface area contributed by atoms with Crippen molar-refractivity contribution >= 4 is 28.4 Å². The fourth-order valence-corrected chi connectivity index (χ4v) is 1.58. The van der Waals surface area contributed by atoms with Gasteiger partial charge in [-0.15, -0.1) is 0 Å². The number of para-hydroxylation sites is 1. The van der Waals surface area contributed by atoms with Gasteiger partial charge in [-0.25, -0.2) is 0 Å². The van der Waals surface area contributed by atoms with Crippen molar-refractivity contribution in [3.8, 4) is 6.07 Å². The molecule has 0 aliphatic heterocycles. The number of amides is 2. The Morgan fingerprint density at radius 3 is 2.79 bits per heavy atom. The van der Waals surface area contributed by atoms with E-state index in [1.165, 1.54) is 0 Å². The van der Waals surface area contributed by atoms with Crippen molar-refractivity contribution < 1.29 is 9.59 Å². The maximum atomic E-state index is 11.6. The third-order valence-electron chi connectivity index (χ3n) is 2.42. The first-order valence-electron chi connectivity index (χ1n) is 5.52. The van der Waals surface area contributed by atoms with Crippen molar-refractivity contribution in [2.24, 2.45) is 0 Å². The number of rotatable bonds is 2. The van der Waals surface area contributed by atoms with Crippen molar-refractivity contribution in [1.82, 2.24) is 10.3 Å². The number of benzene rings is 1. The summed E-state index contributed by atoms with van der Waals surface area (Å²) in [4.78, 5) is 27.1. The Kier molecular flexibility index (Phi) is 3.69. The lowest BCUT2D eigenvalue weighted by molar-refractivity contribution is -0.136. The molecule has 0 radical (unpaired) electrons. The molecule has 0 spiro atoms. The first kappa shape index (κ1) is 12.5. The third kappa shape index (κ3) is 2.84. The Morgan fingerprint density at radius 2 is 2.00 bits per heavy atom. The van der Waals surface area contributed by atoms with Crippen LogP contribution in [0.2, 0.25) is 0 Å². The van der Waals surface area contributed by atoms with Crippen LogP contribution in [0.5, 0.6) is 0 Å². The molecule has 0 saturated heterocycles. The third-order valence-corrected chi connectivity index (χ3v) is 2.42. The van der Waals surface area contributed by atoms with E-state index in [0.717, 1.165) is 5.39 Å². The number of fused-ring (bicyclic) bond motifs is 1. The van der Waals surface area contributed by atoms with E-state index in [9.17, 15) is 9.59 Å². The zero-order valence-electron chi connectivity index (χ0n) is 9.88. The van der Waals surface area contributed by atoms with Crippen LogP contribution in [0.4, 0.5) is 5.69 Å². The van der Waals surface area contributed by atoms with Crippen LogP contribution in [0.25, 0.3) is 10.9 Å². The fourth-order valence-electron chi connectivity index (χ4n) is 1.58. The molecule has 2 rings (SSSR count). The molecule has 0 aliphatic carbocycles. The van der Waals surface area contributed by atoms with Crippen molar-refractivity contribution in [2.75, 3.05) is 11.9 Å². The van der Waals surface area contributed by atoms with Crippen LogP contribution < -0.4 is 10.6 Å². The molecule has 0 bridgehead atoms. The van der Waals surface area contributed by atoms with Gasteiger partial charge in [0.1, 0.15) is 6.54 Å². The second-order valence-electron chi connectivity index (χ2n) is 3.68. The predicted octanol–water partition coefficient (Wildman–Crippen LogP) is 0.813. The van der Waals surface area contributed by atoms with Gasteiger partial charge >= 0.3 is 11.8 Å². The van der Waals surface area contributed by atoms with E-state index in [2.05, 4.69) is 15.6 Å². The molecule has 0 atom stereocenters. The molecule has 0 fully saturated rings. The number of pyridine rings is 1. The van der Waals surface area contributed by atoms with Crippen LogP contribution in [0, 0.1) is 11.3 Å². The van der Waals surface area contributed by atoms with Gasteiger partial charge in [0.2, 0.25) is 0 Å². The highest BCUT2D eigenvalue weighted by Gasteiger charge is 2.14. The molecule has 0 saturated carbocycles. The minimum absolute atomic E-state index is 0.208. The highest BCUT2D eigenvalue weighted by atomic mass is 16.2. The quantitative estimate of drug-likeness (QED) is 0.612. The highest BCUT2D eigenvalue weighted by molar-refractivity contribution is 6.40. The van der Waals surface area contributed by atoms with Gasteiger partial charge in [0.15, 0.2) is 0 Å². The molecule has 1 aromatic carbocycles. The van der Waals surface area contributed by atoms with Gasteiger partial charge in [0, 0.05) is 11.6 Å². The number of hydrogen-bond acceptors (Lipinski definition) is 4. The second kappa shape index (κ2) is 5.60. The van der Waals surface area contributed by atoms with Gasteiger partial charge in [-0.05, 0) is 12.1 Å². The number of hydrogen-bond donors (Lipinski definition) is 2. The molecule has 19 heavy (non-hydrogen) atoms. The van der Waals surface area contributed by atoms with E-state index in [-0.39, 0.29) is 6.54 Å². The Balaban J connectivity index is 2.20. The Morgan fingerprint density at radius 1 is 1.21 bits per heavy atom. The zero-order valence-corrected chi connectivity index (χ0v) is 9.88. The Bertz CT molecular complexity index is 670. The van der Waals surface area contributed by atoms with Crippen LogP contribution >= 0.6 is 0 Å². The molecule has 0 aliphatic rings. The number of nitriles is 1. The van der Waals surface area contributed by atoms with E-state index in [0.29, 0.717) is 11.2 Å². The van der Waals surface area contributed by atoms with Crippen molar-refractivity contribution in [1.29, 1.82) is 5.26 Å². The number of nitrogens with zero attached hydrogens (tertiary/aromatic N) is 2. The van der Waals surface area contributed by atoms with Gasteiger partial charge in [-0.3, -0.25) is 14.6 Å². The van der Waals surface area contributed by atoms with Crippen molar-refractivity contribution in [2.45, 2.75) is 0 Å². The lowest BCUT2D eigenvalue weighted by Crippen LogP contribution is -2.35. The number of nitrogens with one attached hydrogen (secondary N) is 2. The summed E-state index contributed by atoms with van der Waals surface area (Å²) < 4.78 is 0. The summed E-state index contributed by atoms with van der Waals surface area (Å²) in [5.41, 5.74) is 1.06. The topological polar surface area (TPSA) is 94.9 Å². The first-order valence-corrected chi connectivity index (χ1v) is 5.52. The monoisotopic (exact) mass is 254 g/mol. The Hall–Kier alpha value is -2.94. The SMILES string of the molecule is N#CCNC(=O)C(=O)Nc1cccc2cccnc12. The van der Waals surface area contributed by atoms with Gasteiger partial charge < -0.3 is 10.6 Å². The van der Waals surface area contributed by atoms with Gasteiger partial charge in [0.25, 0.3) is 0 Å². The summed E-state index contributed by atoms with van der Waals surface area (Å²) in [6.45, 7) is -0.208. The van der Waals surface area contributed by atoms with E-state index >= 15 is 0 Å². The molecular formula is C13H10N4O2. The van der Waals surface area contributed by atoms with Crippen molar-refractivity contribution in [3.05, 3.63) is 36.5 Å². The minimum Gasteiger partial charge on any atom is -0.335 e. The molecule has 0 unspecified atom stereocenters. The minimum atomic E-state index is -0.852. The predicted molar refractivity (Wildman–Crippen MR) is 69.0 cm³/mol. The van der Waals surface area contributed by atoms with E-state index in [4.69, 9.17) is 5.26 Å². The van der Waals surface area contributed by atoms with E-state index in [1.54, 1.807) is 30.5 Å². The smallest absolute Gasteiger partial charge is 0.313 e. The van der Waals surface area contributed by atoms with Crippen LogP contribution in [0.15, 0.2) is 36.5 Å². The first-order chi connectivity index (χ1) is 9.22. The fraction of sp³-hybridized carbons (Fsp3) is 0.0769. The normalized spacial score (nSPS) is 9.63. The average Bonchev–Trinajstić information content (AvgIpc) is 2.45. The molecule has 2 amide bonds. The molecule has 94 valence electrons. The summed E-state index contributed by atoms with van der Waals surface area (Å²) in [6.07, 6.45) is 1.60. The van der Waals surface area contributed by atoms with Crippen LogP contribution in [0.1, 0.15) is 0 Å². The summed E-state index contributed by atoms with van der Waals surface area (Å²) in [6, 6.07) is 10.6. The van der Waals surface area contributed by atoms with Crippen LogP contribution in [-0.2, 0) is 9.59 Å².